The maximum atomic E-state index is 5.86. The summed E-state index contributed by atoms with van der Waals surface area (Å²) >= 11 is 4.17. The molecule has 0 fully saturated rings. The number of rotatable bonds is 7. The molecule has 0 spiro atoms. The van der Waals surface area contributed by atoms with Crippen LogP contribution in [-0.2, 0) is 8.85 Å². The van der Waals surface area contributed by atoms with Gasteiger partial charge in [0.1, 0.15) is 0 Å². The fourth-order valence-electron chi connectivity index (χ4n) is 1.30. The minimum absolute atomic E-state index is 0.306. The highest BCUT2D eigenvalue weighted by molar-refractivity contribution is 7.80. The van der Waals surface area contributed by atoms with Gasteiger partial charge in [-0.2, -0.15) is 12.6 Å². The highest BCUT2D eigenvalue weighted by Gasteiger charge is 2.25. The smallest absolute Gasteiger partial charge is 0.331 e. The van der Waals surface area contributed by atoms with Crippen molar-refractivity contribution in [3.8, 4) is 0 Å². The molecule has 0 aliphatic rings. The molecule has 0 aliphatic carbocycles. The molecule has 0 aromatic carbocycles. The van der Waals surface area contributed by atoms with E-state index in [-0.39, 0.29) is 0 Å². The van der Waals surface area contributed by atoms with E-state index in [9.17, 15) is 0 Å². The average molecular weight is 222 g/mol. The lowest BCUT2D eigenvalue weighted by Gasteiger charge is -2.26. The summed E-state index contributed by atoms with van der Waals surface area (Å²) in [7, 11) is -1.84. The topological polar surface area (TPSA) is 18.5 Å². The second kappa shape index (κ2) is 6.87. The van der Waals surface area contributed by atoms with Crippen LogP contribution in [0.25, 0.3) is 0 Å². The zero-order chi connectivity index (χ0) is 10.3. The van der Waals surface area contributed by atoms with Gasteiger partial charge in [-0.05, 0) is 45.5 Å². The predicted molar refractivity (Wildman–Crippen MR) is 62.7 cm³/mol. The van der Waals surface area contributed by atoms with Crippen LogP contribution >= 0.6 is 12.6 Å². The number of thiol groups is 1. The van der Waals surface area contributed by atoms with Crippen LogP contribution in [0.3, 0.4) is 0 Å². The van der Waals surface area contributed by atoms with E-state index in [0.717, 1.165) is 25.2 Å². The van der Waals surface area contributed by atoms with Crippen molar-refractivity contribution in [2.75, 3.05) is 12.4 Å². The summed E-state index contributed by atoms with van der Waals surface area (Å²) in [6, 6.07) is 0. The average Bonchev–Trinajstić information content (AvgIpc) is 1.99. The van der Waals surface area contributed by atoms with Crippen molar-refractivity contribution >= 4 is 21.2 Å². The van der Waals surface area contributed by atoms with Gasteiger partial charge < -0.3 is 8.85 Å². The normalized spacial score (nSPS) is 14.5. The number of hydrogen-bond donors (Lipinski definition) is 1. The maximum Gasteiger partial charge on any atom is 0.331 e. The molecule has 80 valence electrons. The molecular weight excluding hydrogens is 200 g/mol. The fraction of sp³-hybridized carbons (Fsp3) is 1.00. The van der Waals surface area contributed by atoms with E-state index < -0.39 is 8.56 Å². The lowest BCUT2D eigenvalue weighted by atomic mass is 10.2. The molecule has 1 atom stereocenters. The third kappa shape index (κ3) is 7.55. The Hall–Kier alpha value is 0.487. The lowest BCUT2D eigenvalue weighted by molar-refractivity contribution is 0.129. The van der Waals surface area contributed by atoms with Crippen LogP contribution in [0.5, 0.6) is 0 Å². The SMILES string of the molecule is CCO[Si](C)(C)OC(C)CCCS. The van der Waals surface area contributed by atoms with Gasteiger partial charge in [0, 0.05) is 12.7 Å². The third-order valence-corrected chi connectivity index (χ3v) is 4.02. The molecule has 0 rings (SSSR count). The van der Waals surface area contributed by atoms with Gasteiger partial charge in [0.05, 0.1) is 0 Å². The van der Waals surface area contributed by atoms with E-state index >= 15 is 0 Å². The molecule has 0 bridgehead atoms. The first kappa shape index (κ1) is 13.5. The van der Waals surface area contributed by atoms with Crippen molar-refractivity contribution in [3.63, 3.8) is 0 Å². The van der Waals surface area contributed by atoms with E-state index in [2.05, 4.69) is 32.6 Å². The Bertz CT molecular complexity index is 131. The lowest BCUT2D eigenvalue weighted by Crippen LogP contribution is -2.38. The highest BCUT2D eigenvalue weighted by Crippen LogP contribution is 2.13. The minimum Gasteiger partial charge on any atom is -0.395 e. The van der Waals surface area contributed by atoms with E-state index in [1.807, 2.05) is 6.92 Å². The monoisotopic (exact) mass is 222 g/mol. The van der Waals surface area contributed by atoms with E-state index in [1.54, 1.807) is 0 Å². The Labute approximate surface area is 88.7 Å². The molecule has 0 saturated heterocycles. The summed E-state index contributed by atoms with van der Waals surface area (Å²) in [5.74, 6) is 0.935. The summed E-state index contributed by atoms with van der Waals surface area (Å²) in [6.07, 6.45) is 2.49. The van der Waals surface area contributed by atoms with E-state index in [0.29, 0.717) is 6.10 Å². The van der Waals surface area contributed by atoms with Crippen LogP contribution in [0, 0.1) is 0 Å². The predicted octanol–water partition coefficient (Wildman–Crippen LogP) is 2.84. The van der Waals surface area contributed by atoms with Crippen molar-refractivity contribution in [3.05, 3.63) is 0 Å². The summed E-state index contributed by atoms with van der Waals surface area (Å²) in [5.41, 5.74) is 0. The van der Waals surface area contributed by atoms with Gasteiger partial charge >= 0.3 is 8.56 Å². The second-order valence-electron chi connectivity index (χ2n) is 3.63. The van der Waals surface area contributed by atoms with Crippen molar-refractivity contribution in [1.82, 2.24) is 0 Å². The summed E-state index contributed by atoms with van der Waals surface area (Å²) < 4.78 is 11.4. The molecule has 13 heavy (non-hydrogen) atoms. The Morgan fingerprint density at radius 1 is 1.38 bits per heavy atom. The van der Waals surface area contributed by atoms with Gasteiger partial charge in [-0.15, -0.1) is 0 Å². The Kier molecular flexibility index (Phi) is 7.13. The molecule has 0 radical (unpaired) electrons. The van der Waals surface area contributed by atoms with E-state index in [4.69, 9.17) is 8.85 Å². The molecule has 1 unspecified atom stereocenters. The van der Waals surface area contributed by atoms with Crippen LogP contribution in [0.4, 0.5) is 0 Å². The summed E-state index contributed by atoms with van der Waals surface area (Å²) in [6.45, 7) is 9.05. The van der Waals surface area contributed by atoms with Gasteiger partial charge in [-0.25, -0.2) is 0 Å². The van der Waals surface area contributed by atoms with Crippen LogP contribution in [0.2, 0.25) is 13.1 Å². The fourth-order valence-corrected chi connectivity index (χ4v) is 3.34. The largest absolute Gasteiger partial charge is 0.395 e. The molecule has 0 N–H and O–H groups in total. The van der Waals surface area contributed by atoms with Gasteiger partial charge in [0.15, 0.2) is 0 Å². The molecule has 0 aromatic heterocycles. The zero-order valence-electron chi connectivity index (χ0n) is 9.17. The first-order valence-corrected chi connectivity index (χ1v) is 8.39. The Balaban J connectivity index is 3.68. The molecule has 0 aliphatic heterocycles. The number of hydrogen-bond acceptors (Lipinski definition) is 3. The molecule has 0 amide bonds. The van der Waals surface area contributed by atoms with E-state index in [1.165, 1.54) is 0 Å². The van der Waals surface area contributed by atoms with Crippen molar-refractivity contribution < 1.29 is 8.85 Å². The molecule has 0 heterocycles. The molecular formula is C9H22O2SSi. The standard InChI is InChI=1S/C9H22O2SSi/c1-5-10-13(3,4)11-9(2)7-6-8-12/h9,12H,5-8H2,1-4H3. The maximum absolute atomic E-state index is 5.86. The summed E-state index contributed by atoms with van der Waals surface area (Å²) in [5, 5.41) is 0. The Morgan fingerprint density at radius 3 is 2.46 bits per heavy atom. The van der Waals surface area contributed by atoms with Crippen LogP contribution in [0.15, 0.2) is 0 Å². The Morgan fingerprint density at radius 2 is 2.00 bits per heavy atom. The first-order chi connectivity index (χ1) is 6.02. The molecule has 0 saturated carbocycles. The third-order valence-electron chi connectivity index (χ3n) is 1.75. The van der Waals surface area contributed by atoms with Gasteiger partial charge in [0.25, 0.3) is 0 Å². The van der Waals surface area contributed by atoms with Crippen molar-refractivity contribution in [2.45, 2.75) is 45.9 Å². The molecule has 4 heteroatoms. The van der Waals surface area contributed by atoms with Gasteiger partial charge in [-0.3, -0.25) is 0 Å². The van der Waals surface area contributed by atoms with Gasteiger partial charge in [0.2, 0.25) is 0 Å². The minimum atomic E-state index is -1.84. The first-order valence-electron chi connectivity index (χ1n) is 4.94. The van der Waals surface area contributed by atoms with Crippen LogP contribution in [0.1, 0.15) is 26.7 Å². The van der Waals surface area contributed by atoms with Gasteiger partial charge in [-0.1, -0.05) is 0 Å². The highest BCUT2D eigenvalue weighted by atomic mass is 32.1. The quantitative estimate of drug-likeness (QED) is 0.527. The summed E-state index contributed by atoms with van der Waals surface area (Å²) in [4.78, 5) is 0. The van der Waals surface area contributed by atoms with Crippen molar-refractivity contribution in [2.24, 2.45) is 0 Å². The van der Waals surface area contributed by atoms with Crippen LogP contribution in [-0.4, -0.2) is 27.0 Å². The van der Waals surface area contributed by atoms with Crippen molar-refractivity contribution in [1.29, 1.82) is 0 Å². The molecule has 0 aromatic rings. The zero-order valence-corrected chi connectivity index (χ0v) is 11.1. The second-order valence-corrected chi connectivity index (χ2v) is 7.40. The van der Waals surface area contributed by atoms with Crippen LogP contribution < -0.4 is 0 Å². The molecule has 2 nitrogen and oxygen atoms in total.